The van der Waals surface area contributed by atoms with Gasteiger partial charge in [0.2, 0.25) is 5.91 Å². The summed E-state index contributed by atoms with van der Waals surface area (Å²) in [4.78, 5) is 26.3. The van der Waals surface area contributed by atoms with Gasteiger partial charge in [-0.3, -0.25) is 14.3 Å². The second-order valence-electron chi connectivity index (χ2n) is 6.47. The van der Waals surface area contributed by atoms with Crippen LogP contribution in [0.4, 0.5) is 0 Å². The highest BCUT2D eigenvalue weighted by Gasteiger charge is 2.15. The molecule has 0 aliphatic carbocycles. The minimum absolute atomic E-state index is 0.0154. The number of aryl methyl sites for hydroxylation is 1. The molecule has 1 saturated heterocycles. The number of nitrogens with one attached hydrogen (secondary N) is 1. The van der Waals surface area contributed by atoms with Crippen LogP contribution in [-0.2, 0) is 16.1 Å². The average molecular weight is 347 g/mol. The number of amides is 1. The average Bonchev–Trinajstić information content (AvgIpc) is 2.91. The van der Waals surface area contributed by atoms with Crippen molar-refractivity contribution < 1.29 is 13.9 Å². The fourth-order valence-electron chi connectivity index (χ4n) is 3.19. The molecule has 1 amide bonds. The van der Waals surface area contributed by atoms with Gasteiger partial charge in [0, 0.05) is 38.6 Å². The highest BCUT2D eigenvalue weighted by molar-refractivity contribution is 5.76. The van der Waals surface area contributed by atoms with E-state index >= 15 is 0 Å². The summed E-state index contributed by atoms with van der Waals surface area (Å²) < 4.78 is 12.1. The maximum Gasteiger partial charge on any atom is 0.419 e. The van der Waals surface area contributed by atoms with Gasteiger partial charge in [-0.2, -0.15) is 0 Å². The van der Waals surface area contributed by atoms with Gasteiger partial charge >= 0.3 is 5.76 Å². The second kappa shape index (κ2) is 8.31. The smallest absolute Gasteiger partial charge is 0.408 e. The Morgan fingerprint density at radius 2 is 2.04 bits per heavy atom. The number of ether oxygens (including phenoxy) is 1. The summed E-state index contributed by atoms with van der Waals surface area (Å²) >= 11 is 0. The molecule has 1 aliphatic rings. The number of nitrogens with zero attached hydrogens (tertiary/aromatic N) is 2. The lowest BCUT2D eigenvalue weighted by molar-refractivity contribution is -0.122. The number of carbonyl (C=O) groups is 1. The number of hydrogen-bond acceptors (Lipinski definition) is 5. The van der Waals surface area contributed by atoms with Crippen molar-refractivity contribution >= 4 is 17.0 Å². The summed E-state index contributed by atoms with van der Waals surface area (Å²) in [6.07, 6.45) is 0.985. The lowest BCUT2D eigenvalue weighted by Gasteiger charge is -2.29. The Kier molecular flexibility index (Phi) is 5.88. The molecule has 3 rings (SSSR count). The van der Waals surface area contributed by atoms with Crippen LogP contribution in [0.1, 0.15) is 19.8 Å². The molecule has 1 aromatic heterocycles. The van der Waals surface area contributed by atoms with Gasteiger partial charge in [-0.05, 0) is 25.5 Å². The monoisotopic (exact) mass is 347 g/mol. The molecule has 1 atom stereocenters. The molecule has 136 valence electrons. The third kappa shape index (κ3) is 4.70. The van der Waals surface area contributed by atoms with Crippen LogP contribution < -0.4 is 11.1 Å². The number of aromatic nitrogens is 1. The highest BCUT2D eigenvalue weighted by atomic mass is 16.5. The maximum atomic E-state index is 12.1. The minimum Gasteiger partial charge on any atom is -0.408 e. The molecule has 2 heterocycles. The number of morpholine rings is 1. The summed E-state index contributed by atoms with van der Waals surface area (Å²) in [5, 5.41) is 3.03. The predicted octanol–water partition coefficient (Wildman–Crippen LogP) is 1.21. The highest BCUT2D eigenvalue weighted by Crippen LogP contribution is 2.12. The second-order valence-corrected chi connectivity index (χ2v) is 6.47. The lowest BCUT2D eigenvalue weighted by atomic mass is 10.2. The molecule has 25 heavy (non-hydrogen) atoms. The lowest BCUT2D eigenvalue weighted by Crippen LogP contribution is -2.46. The van der Waals surface area contributed by atoms with Crippen LogP contribution in [0.25, 0.3) is 11.1 Å². The van der Waals surface area contributed by atoms with E-state index in [0.717, 1.165) is 38.4 Å². The Morgan fingerprint density at radius 3 is 2.84 bits per heavy atom. The zero-order valence-corrected chi connectivity index (χ0v) is 14.6. The quantitative estimate of drug-likeness (QED) is 0.815. The van der Waals surface area contributed by atoms with Gasteiger partial charge in [0.1, 0.15) is 0 Å². The van der Waals surface area contributed by atoms with Crippen LogP contribution >= 0.6 is 0 Å². The first-order valence-corrected chi connectivity index (χ1v) is 8.81. The Hall–Kier alpha value is -2.12. The van der Waals surface area contributed by atoms with E-state index in [4.69, 9.17) is 9.15 Å². The number of para-hydroxylation sites is 2. The van der Waals surface area contributed by atoms with Crippen molar-refractivity contribution in [1.29, 1.82) is 0 Å². The topological polar surface area (TPSA) is 76.7 Å². The van der Waals surface area contributed by atoms with Crippen LogP contribution in [0.15, 0.2) is 33.5 Å². The van der Waals surface area contributed by atoms with Crippen molar-refractivity contribution in [3.05, 3.63) is 34.8 Å². The van der Waals surface area contributed by atoms with Gasteiger partial charge in [-0.25, -0.2) is 4.79 Å². The molecule has 7 heteroatoms. The van der Waals surface area contributed by atoms with E-state index in [1.54, 1.807) is 10.6 Å². The molecule has 1 aliphatic heterocycles. The number of rotatable bonds is 7. The Balaban J connectivity index is 1.44. The molecule has 0 radical (unpaired) electrons. The molecule has 0 bridgehead atoms. The Bertz CT molecular complexity index is 761. The first kappa shape index (κ1) is 17.7. The molecule has 7 nitrogen and oxygen atoms in total. The zero-order chi connectivity index (χ0) is 17.6. The van der Waals surface area contributed by atoms with Gasteiger partial charge in [0.15, 0.2) is 5.58 Å². The van der Waals surface area contributed by atoms with Crippen molar-refractivity contribution in [2.45, 2.75) is 32.4 Å². The summed E-state index contributed by atoms with van der Waals surface area (Å²) in [6.45, 7) is 6.67. The summed E-state index contributed by atoms with van der Waals surface area (Å²) in [5.41, 5.74) is 1.35. The van der Waals surface area contributed by atoms with Crippen LogP contribution in [0.5, 0.6) is 0 Å². The van der Waals surface area contributed by atoms with Crippen molar-refractivity contribution in [3.63, 3.8) is 0 Å². The van der Waals surface area contributed by atoms with Crippen molar-refractivity contribution in [1.82, 2.24) is 14.8 Å². The van der Waals surface area contributed by atoms with Gasteiger partial charge < -0.3 is 14.5 Å². The molecule has 1 fully saturated rings. The third-order valence-corrected chi connectivity index (χ3v) is 4.40. The largest absolute Gasteiger partial charge is 0.419 e. The maximum absolute atomic E-state index is 12.1. The van der Waals surface area contributed by atoms with Gasteiger partial charge in [0.05, 0.1) is 18.7 Å². The SMILES string of the molecule is C[C@@H](CN1CCOCC1)NC(=O)CCCn1c(=O)oc2ccccc21. The van der Waals surface area contributed by atoms with E-state index in [1.807, 2.05) is 25.1 Å². The van der Waals surface area contributed by atoms with Gasteiger partial charge in [0.25, 0.3) is 0 Å². The molecule has 0 unspecified atom stereocenters. The number of benzene rings is 1. The molecular formula is C18H25N3O4. The fraction of sp³-hybridized carbons (Fsp3) is 0.556. The van der Waals surface area contributed by atoms with E-state index in [-0.39, 0.29) is 17.7 Å². The number of carbonyl (C=O) groups excluding carboxylic acids is 1. The molecule has 1 N–H and O–H groups in total. The van der Waals surface area contributed by atoms with Crippen molar-refractivity contribution in [2.24, 2.45) is 0 Å². The third-order valence-electron chi connectivity index (χ3n) is 4.40. The van der Waals surface area contributed by atoms with Gasteiger partial charge in [-0.1, -0.05) is 12.1 Å². The van der Waals surface area contributed by atoms with E-state index < -0.39 is 0 Å². The molecular weight excluding hydrogens is 322 g/mol. The van der Waals surface area contributed by atoms with Crippen molar-refractivity contribution in [3.8, 4) is 0 Å². The minimum atomic E-state index is -0.373. The molecule has 0 spiro atoms. The molecule has 2 aromatic rings. The van der Waals surface area contributed by atoms with Crippen LogP contribution in [-0.4, -0.2) is 54.3 Å². The van der Waals surface area contributed by atoms with Gasteiger partial charge in [-0.15, -0.1) is 0 Å². The van der Waals surface area contributed by atoms with E-state index in [2.05, 4.69) is 10.2 Å². The summed E-state index contributed by atoms with van der Waals surface area (Å²) in [6, 6.07) is 7.42. The van der Waals surface area contributed by atoms with E-state index in [0.29, 0.717) is 25.0 Å². The van der Waals surface area contributed by atoms with Crippen LogP contribution in [0.3, 0.4) is 0 Å². The number of hydrogen-bond donors (Lipinski definition) is 1. The Morgan fingerprint density at radius 1 is 1.28 bits per heavy atom. The fourth-order valence-corrected chi connectivity index (χ4v) is 3.19. The first-order valence-electron chi connectivity index (χ1n) is 8.81. The van der Waals surface area contributed by atoms with E-state index in [1.165, 1.54) is 0 Å². The molecule has 0 saturated carbocycles. The van der Waals surface area contributed by atoms with Crippen LogP contribution in [0.2, 0.25) is 0 Å². The molecule has 1 aromatic carbocycles. The summed E-state index contributed by atoms with van der Waals surface area (Å²) in [5.74, 6) is -0.357. The predicted molar refractivity (Wildman–Crippen MR) is 94.6 cm³/mol. The number of oxazole rings is 1. The Labute approximate surface area is 146 Å². The standard InChI is InChI=1S/C18H25N3O4/c1-14(13-20-9-11-24-12-10-20)19-17(22)7-4-8-21-15-5-2-3-6-16(15)25-18(21)23/h2-3,5-6,14H,4,7-13H2,1H3,(H,19,22)/t14-/m0/s1. The van der Waals surface area contributed by atoms with Crippen molar-refractivity contribution in [2.75, 3.05) is 32.8 Å². The normalized spacial score (nSPS) is 16.8. The summed E-state index contributed by atoms with van der Waals surface area (Å²) in [7, 11) is 0. The first-order chi connectivity index (χ1) is 12.1. The van der Waals surface area contributed by atoms with E-state index in [9.17, 15) is 9.59 Å². The van der Waals surface area contributed by atoms with Crippen LogP contribution in [0, 0.1) is 0 Å². The zero-order valence-electron chi connectivity index (χ0n) is 14.6. The number of fused-ring (bicyclic) bond motifs is 1.